The van der Waals surface area contributed by atoms with Crippen LogP contribution in [0.15, 0.2) is 47.1 Å². The van der Waals surface area contributed by atoms with Crippen molar-refractivity contribution in [2.24, 2.45) is 0 Å². The average molecular weight is 258 g/mol. The molecular weight excluding hydrogens is 244 g/mol. The molecule has 0 aliphatic rings. The second kappa shape index (κ2) is 5.86. The van der Waals surface area contributed by atoms with Crippen molar-refractivity contribution >= 4 is 17.5 Å². The van der Waals surface area contributed by atoms with Crippen molar-refractivity contribution in [3.8, 4) is 0 Å². The Morgan fingerprint density at radius 1 is 1.11 bits per heavy atom. The summed E-state index contributed by atoms with van der Waals surface area (Å²) >= 11 is 0. The van der Waals surface area contributed by atoms with E-state index in [2.05, 4.69) is 10.6 Å². The van der Waals surface area contributed by atoms with Crippen molar-refractivity contribution in [1.82, 2.24) is 5.32 Å². The average Bonchev–Trinajstić information content (AvgIpc) is 2.94. The lowest BCUT2D eigenvalue weighted by molar-refractivity contribution is 0.0955. The molecule has 1 heterocycles. The molecule has 2 N–H and O–H groups in total. The maximum Gasteiger partial charge on any atom is 0.291 e. The second-order valence-electron chi connectivity index (χ2n) is 3.87. The van der Waals surface area contributed by atoms with Gasteiger partial charge in [0.05, 0.1) is 6.26 Å². The molecule has 1 aromatic carbocycles. The van der Waals surface area contributed by atoms with Crippen LogP contribution in [-0.4, -0.2) is 18.4 Å². The van der Waals surface area contributed by atoms with Crippen LogP contribution in [0.4, 0.5) is 5.69 Å². The van der Waals surface area contributed by atoms with E-state index in [1.165, 1.54) is 6.26 Å². The number of furan rings is 1. The van der Waals surface area contributed by atoms with Gasteiger partial charge >= 0.3 is 0 Å². The first-order valence-corrected chi connectivity index (χ1v) is 5.94. The summed E-state index contributed by atoms with van der Waals surface area (Å²) in [6.07, 6.45) is 1.44. The molecule has 2 amide bonds. The zero-order valence-electron chi connectivity index (χ0n) is 10.5. The van der Waals surface area contributed by atoms with Gasteiger partial charge in [-0.05, 0) is 43.3 Å². The molecule has 0 saturated carbocycles. The summed E-state index contributed by atoms with van der Waals surface area (Å²) in [5.74, 6) is -0.213. The Morgan fingerprint density at radius 3 is 2.42 bits per heavy atom. The van der Waals surface area contributed by atoms with Gasteiger partial charge in [0.15, 0.2) is 5.76 Å². The van der Waals surface area contributed by atoms with Gasteiger partial charge in [-0.15, -0.1) is 0 Å². The lowest BCUT2D eigenvalue weighted by Gasteiger charge is -2.05. The molecule has 2 rings (SSSR count). The number of hydrogen-bond donors (Lipinski definition) is 2. The summed E-state index contributed by atoms with van der Waals surface area (Å²) in [5.41, 5.74) is 1.16. The van der Waals surface area contributed by atoms with Crippen LogP contribution in [0.25, 0.3) is 0 Å². The monoisotopic (exact) mass is 258 g/mol. The summed E-state index contributed by atoms with van der Waals surface area (Å²) in [4.78, 5) is 23.3. The molecule has 0 radical (unpaired) electrons. The van der Waals surface area contributed by atoms with Gasteiger partial charge in [0.25, 0.3) is 11.8 Å². The van der Waals surface area contributed by atoms with Crippen molar-refractivity contribution in [3.63, 3.8) is 0 Å². The Morgan fingerprint density at radius 2 is 1.84 bits per heavy atom. The third kappa shape index (κ3) is 3.22. The third-order valence-corrected chi connectivity index (χ3v) is 2.49. The first-order chi connectivity index (χ1) is 9.20. The fraction of sp³-hybridized carbons (Fsp3) is 0.143. The van der Waals surface area contributed by atoms with Crippen molar-refractivity contribution in [2.45, 2.75) is 6.92 Å². The van der Waals surface area contributed by atoms with Crippen LogP contribution in [0.5, 0.6) is 0 Å². The van der Waals surface area contributed by atoms with E-state index >= 15 is 0 Å². The van der Waals surface area contributed by atoms with Crippen LogP contribution in [0, 0.1) is 0 Å². The Labute approximate surface area is 110 Å². The normalized spacial score (nSPS) is 9.95. The van der Waals surface area contributed by atoms with Crippen molar-refractivity contribution in [3.05, 3.63) is 54.0 Å². The second-order valence-corrected chi connectivity index (χ2v) is 3.87. The Kier molecular flexibility index (Phi) is 3.97. The van der Waals surface area contributed by atoms with E-state index in [4.69, 9.17) is 4.42 Å². The molecule has 0 fully saturated rings. The minimum absolute atomic E-state index is 0.133. The molecule has 0 spiro atoms. The van der Waals surface area contributed by atoms with Crippen LogP contribution in [0.1, 0.15) is 27.8 Å². The molecule has 0 aliphatic heterocycles. The number of benzene rings is 1. The number of hydrogen-bond acceptors (Lipinski definition) is 3. The quantitative estimate of drug-likeness (QED) is 0.883. The van der Waals surface area contributed by atoms with Gasteiger partial charge in [-0.1, -0.05) is 0 Å². The minimum atomic E-state index is -0.323. The van der Waals surface area contributed by atoms with E-state index in [9.17, 15) is 9.59 Å². The van der Waals surface area contributed by atoms with Gasteiger partial charge in [-0.3, -0.25) is 9.59 Å². The third-order valence-electron chi connectivity index (χ3n) is 2.49. The van der Waals surface area contributed by atoms with E-state index in [1.54, 1.807) is 36.4 Å². The molecule has 0 atom stereocenters. The Bertz CT molecular complexity index is 559. The van der Waals surface area contributed by atoms with Gasteiger partial charge in [0.2, 0.25) is 0 Å². The molecule has 0 unspecified atom stereocenters. The Hall–Kier alpha value is -2.56. The van der Waals surface area contributed by atoms with Crippen LogP contribution in [-0.2, 0) is 0 Å². The van der Waals surface area contributed by atoms with Gasteiger partial charge in [-0.25, -0.2) is 0 Å². The molecular formula is C14H14N2O3. The van der Waals surface area contributed by atoms with Crippen LogP contribution >= 0.6 is 0 Å². The summed E-state index contributed by atoms with van der Waals surface area (Å²) < 4.78 is 4.99. The highest BCUT2D eigenvalue weighted by Gasteiger charge is 2.09. The summed E-state index contributed by atoms with van der Waals surface area (Å²) in [6.45, 7) is 2.44. The molecule has 5 heteroatoms. The molecule has 0 bridgehead atoms. The zero-order chi connectivity index (χ0) is 13.7. The molecule has 0 aliphatic carbocycles. The van der Waals surface area contributed by atoms with Crippen molar-refractivity contribution < 1.29 is 14.0 Å². The summed E-state index contributed by atoms with van der Waals surface area (Å²) in [6, 6.07) is 9.88. The molecule has 2 aromatic rings. The van der Waals surface area contributed by atoms with Gasteiger partial charge < -0.3 is 15.1 Å². The summed E-state index contributed by atoms with van der Waals surface area (Å²) in [7, 11) is 0. The van der Waals surface area contributed by atoms with Crippen LogP contribution in [0.2, 0.25) is 0 Å². The highest BCUT2D eigenvalue weighted by molar-refractivity contribution is 6.02. The number of amides is 2. The van der Waals surface area contributed by atoms with Gasteiger partial charge in [0.1, 0.15) is 0 Å². The molecule has 0 saturated heterocycles. The minimum Gasteiger partial charge on any atom is -0.459 e. The van der Waals surface area contributed by atoms with Gasteiger partial charge in [-0.2, -0.15) is 0 Å². The van der Waals surface area contributed by atoms with Crippen LogP contribution in [0.3, 0.4) is 0 Å². The van der Waals surface area contributed by atoms with E-state index in [1.807, 2.05) is 6.92 Å². The van der Waals surface area contributed by atoms with E-state index in [0.29, 0.717) is 17.8 Å². The maximum absolute atomic E-state index is 11.7. The molecule has 5 nitrogen and oxygen atoms in total. The number of anilines is 1. The Balaban J connectivity index is 2.03. The zero-order valence-corrected chi connectivity index (χ0v) is 10.5. The highest BCUT2D eigenvalue weighted by atomic mass is 16.3. The number of rotatable bonds is 4. The lowest BCUT2D eigenvalue weighted by Crippen LogP contribution is -2.22. The molecule has 19 heavy (non-hydrogen) atoms. The SMILES string of the molecule is CCNC(=O)c1ccc(NC(=O)c2ccco2)cc1. The first kappa shape index (κ1) is 12.9. The number of nitrogens with one attached hydrogen (secondary N) is 2. The van der Waals surface area contributed by atoms with E-state index < -0.39 is 0 Å². The van der Waals surface area contributed by atoms with Crippen molar-refractivity contribution in [1.29, 1.82) is 0 Å². The van der Waals surface area contributed by atoms with Crippen molar-refractivity contribution in [2.75, 3.05) is 11.9 Å². The predicted octanol–water partition coefficient (Wildman–Crippen LogP) is 2.28. The topological polar surface area (TPSA) is 71.3 Å². The first-order valence-electron chi connectivity index (χ1n) is 5.94. The number of carbonyl (C=O) groups is 2. The fourth-order valence-electron chi connectivity index (χ4n) is 1.57. The van der Waals surface area contributed by atoms with Crippen LogP contribution < -0.4 is 10.6 Å². The van der Waals surface area contributed by atoms with E-state index in [0.717, 1.165) is 0 Å². The lowest BCUT2D eigenvalue weighted by atomic mass is 10.2. The predicted molar refractivity (Wildman–Crippen MR) is 71.1 cm³/mol. The largest absolute Gasteiger partial charge is 0.459 e. The molecule has 98 valence electrons. The number of carbonyl (C=O) groups excluding carboxylic acids is 2. The van der Waals surface area contributed by atoms with Gasteiger partial charge in [0, 0.05) is 17.8 Å². The van der Waals surface area contributed by atoms with E-state index in [-0.39, 0.29) is 17.6 Å². The maximum atomic E-state index is 11.7. The highest BCUT2D eigenvalue weighted by Crippen LogP contribution is 2.11. The molecule has 1 aromatic heterocycles. The fourth-order valence-corrected chi connectivity index (χ4v) is 1.57. The summed E-state index contributed by atoms with van der Waals surface area (Å²) in [5, 5.41) is 5.38. The smallest absolute Gasteiger partial charge is 0.291 e. The standard InChI is InChI=1S/C14H14N2O3/c1-2-15-13(17)10-5-7-11(8-6-10)16-14(18)12-4-3-9-19-12/h3-9H,2H2,1H3,(H,15,17)(H,16,18).